The number of hydrogen-bond acceptors (Lipinski definition) is 4. The monoisotopic (exact) mass is 452 g/mol. The van der Waals surface area contributed by atoms with Gasteiger partial charge in [0, 0.05) is 10.4 Å². The first-order valence-corrected chi connectivity index (χ1v) is 10.4. The summed E-state index contributed by atoms with van der Waals surface area (Å²) in [6.07, 6.45) is -0.650. The van der Waals surface area contributed by atoms with E-state index in [1.54, 1.807) is 13.2 Å². The van der Waals surface area contributed by atoms with E-state index in [-0.39, 0.29) is 5.92 Å². The summed E-state index contributed by atoms with van der Waals surface area (Å²) >= 11 is 3.49. The molecule has 4 unspecified atom stereocenters. The van der Waals surface area contributed by atoms with Gasteiger partial charge in [0.15, 0.2) is 11.2 Å². The Labute approximate surface area is 177 Å². The summed E-state index contributed by atoms with van der Waals surface area (Å²) in [5, 5.41) is 23.4. The maximum Gasteiger partial charge on any atom is 0.176 e. The zero-order valence-corrected chi connectivity index (χ0v) is 17.5. The van der Waals surface area contributed by atoms with Gasteiger partial charge in [0.2, 0.25) is 0 Å². The van der Waals surface area contributed by atoms with Gasteiger partial charge in [0.05, 0.1) is 18.8 Å². The number of hydrogen-bond donors (Lipinski definition) is 2. The predicted octanol–water partition coefficient (Wildman–Crippen LogP) is 4.48. The van der Waals surface area contributed by atoms with E-state index in [1.807, 2.05) is 66.7 Å². The van der Waals surface area contributed by atoms with Crippen molar-refractivity contribution >= 4 is 15.9 Å². The summed E-state index contributed by atoms with van der Waals surface area (Å²) < 4.78 is 13.1. The third-order valence-electron chi connectivity index (χ3n) is 6.33. The van der Waals surface area contributed by atoms with Crippen LogP contribution in [0.15, 0.2) is 77.3 Å². The summed E-state index contributed by atoms with van der Waals surface area (Å²) in [6.45, 7) is 0. The Kier molecular flexibility index (Phi) is 4.24. The predicted molar refractivity (Wildman–Crippen MR) is 113 cm³/mol. The van der Waals surface area contributed by atoms with Gasteiger partial charge < -0.3 is 19.7 Å². The van der Waals surface area contributed by atoms with Crippen LogP contribution >= 0.6 is 15.9 Å². The minimum absolute atomic E-state index is 0.248. The highest BCUT2D eigenvalue weighted by Crippen LogP contribution is 2.68. The zero-order chi connectivity index (χ0) is 20.2. The summed E-state index contributed by atoms with van der Waals surface area (Å²) in [4.78, 5) is 0. The maximum absolute atomic E-state index is 12.2. The van der Waals surface area contributed by atoms with Gasteiger partial charge in [-0.2, -0.15) is 0 Å². The first-order valence-electron chi connectivity index (χ1n) is 9.60. The molecule has 5 heteroatoms. The van der Waals surface area contributed by atoms with E-state index >= 15 is 0 Å². The van der Waals surface area contributed by atoms with Gasteiger partial charge in [-0.3, -0.25) is 0 Å². The van der Waals surface area contributed by atoms with Crippen molar-refractivity contribution in [2.45, 2.75) is 29.6 Å². The third-order valence-corrected chi connectivity index (χ3v) is 6.86. The highest BCUT2D eigenvalue weighted by atomic mass is 79.9. The van der Waals surface area contributed by atoms with Crippen molar-refractivity contribution < 1.29 is 19.7 Å². The molecular formula is C24H21BrO4. The molecule has 3 aromatic rings. The average Bonchev–Trinajstić information content (AvgIpc) is 3.15. The molecular weight excluding hydrogens is 432 g/mol. The molecule has 1 heterocycles. The van der Waals surface area contributed by atoms with Crippen molar-refractivity contribution in [3.8, 4) is 11.5 Å². The summed E-state index contributed by atoms with van der Waals surface area (Å²) in [5.41, 5.74) is -0.491. The Morgan fingerprint density at radius 2 is 1.72 bits per heavy atom. The minimum Gasteiger partial charge on any atom is -0.496 e. The van der Waals surface area contributed by atoms with Gasteiger partial charge in [-0.25, -0.2) is 0 Å². The number of methoxy groups -OCH3 is 1. The average molecular weight is 453 g/mol. The van der Waals surface area contributed by atoms with Crippen LogP contribution in [-0.4, -0.2) is 23.4 Å². The lowest BCUT2D eigenvalue weighted by atomic mass is 9.71. The SMILES string of the molecule is COc1cccc2c1C1(O)C(O)CC(c3ccccc3)C1(c1ccc(Br)cc1)O2. The molecule has 0 saturated heterocycles. The molecule has 29 heavy (non-hydrogen) atoms. The molecule has 4 atom stereocenters. The molecule has 4 nitrogen and oxygen atoms in total. The molecule has 2 N–H and O–H groups in total. The molecule has 2 aliphatic rings. The zero-order valence-electron chi connectivity index (χ0n) is 15.9. The molecule has 1 aliphatic heterocycles. The standard InChI is InChI=1S/C24H21BrO4/c1-28-19-8-5-9-20-22(19)23(27)21(26)14-18(15-6-3-2-4-7-15)24(23,29-20)16-10-12-17(25)13-11-16/h2-13,18,21,26-27H,14H2,1H3. The fraction of sp³-hybridized carbons (Fsp3) is 0.250. The Morgan fingerprint density at radius 3 is 2.41 bits per heavy atom. The van der Waals surface area contributed by atoms with Crippen molar-refractivity contribution in [1.29, 1.82) is 0 Å². The topological polar surface area (TPSA) is 58.9 Å². The lowest BCUT2D eigenvalue weighted by Gasteiger charge is -2.40. The Bertz CT molecular complexity index is 1050. The number of halogens is 1. The second-order valence-electron chi connectivity index (χ2n) is 7.66. The first kappa shape index (κ1) is 18.7. The molecule has 1 fully saturated rings. The lowest BCUT2D eigenvalue weighted by Crippen LogP contribution is -2.52. The fourth-order valence-corrected chi connectivity index (χ4v) is 5.39. The van der Waals surface area contributed by atoms with Crippen molar-refractivity contribution in [1.82, 2.24) is 0 Å². The molecule has 5 rings (SSSR count). The maximum atomic E-state index is 12.2. The van der Waals surface area contributed by atoms with Crippen LogP contribution < -0.4 is 9.47 Å². The van der Waals surface area contributed by atoms with Gasteiger partial charge in [-0.1, -0.05) is 64.5 Å². The van der Waals surface area contributed by atoms with Crippen LogP contribution in [0, 0.1) is 0 Å². The molecule has 0 amide bonds. The van der Waals surface area contributed by atoms with E-state index < -0.39 is 17.3 Å². The second kappa shape index (κ2) is 6.59. The number of ether oxygens (including phenoxy) is 2. The number of aliphatic hydroxyl groups is 2. The largest absolute Gasteiger partial charge is 0.496 e. The van der Waals surface area contributed by atoms with Crippen LogP contribution in [0.4, 0.5) is 0 Å². The van der Waals surface area contributed by atoms with Gasteiger partial charge in [-0.15, -0.1) is 0 Å². The normalized spacial score (nSPS) is 29.8. The van der Waals surface area contributed by atoms with Crippen LogP contribution in [0.25, 0.3) is 0 Å². The van der Waals surface area contributed by atoms with E-state index in [0.29, 0.717) is 23.5 Å². The van der Waals surface area contributed by atoms with Crippen molar-refractivity contribution in [3.63, 3.8) is 0 Å². The number of aliphatic hydroxyl groups excluding tert-OH is 1. The van der Waals surface area contributed by atoms with Crippen molar-refractivity contribution in [3.05, 3.63) is 94.0 Å². The van der Waals surface area contributed by atoms with Crippen molar-refractivity contribution in [2.75, 3.05) is 7.11 Å². The van der Waals surface area contributed by atoms with Crippen LogP contribution in [-0.2, 0) is 11.2 Å². The minimum atomic E-state index is -1.65. The number of fused-ring (bicyclic) bond motifs is 3. The first-order chi connectivity index (χ1) is 14.0. The second-order valence-corrected chi connectivity index (χ2v) is 8.57. The summed E-state index contributed by atoms with van der Waals surface area (Å²) in [7, 11) is 1.56. The van der Waals surface area contributed by atoms with Crippen LogP contribution in [0.1, 0.15) is 29.0 Å². The van der Waals surface area contributed by atoms with Gasteiger partial charge in [0.25, 0.3) is 0 Å². The molecule has 148 valence electrons. The lowest BCUT2D eigenvalue weighted by molar-refractivity contribution is -0.149. The molecule has 1 aliphatic carbocycles. The third kappa shape index (κ3) is 2.38. The van der Waals surface area contributed by atoms with Crippen LogP contribution in [0.2, 0.25) is 0 Å². The highest BCUT2D eigenvalue weighted by Gasteiger charge is 2.73. The molecule has 0 aromatic heterocycles. The number of rotatable bonds is 3. The van der Waals surface area contributed by atoms with Crippen molar-refractivity contribution in [2.24, 2.45) is 0 Å². The summed E-state index contributed by atoms with van der Waals surface area (Å²) in [6, 6.07) is 23.1. The molecule has 0 radical (unpaired) electrons. The van der Waals surface area contributed by atoms with Gasteiger partial charge in [-0.05, 0) is 41.8 Å². The molecule has 0 spiro atoms. The fourth-order valence-electron chi connectivity index (χ4n) is 5.12. The number of benzene rings is 3. The van der Waals surface area contributed by atoms with E-state index in [0.717, 1.165) is 15.6 Å². The smallest absolute Gasteiger partial charge is 0.176 e. The van der Waals surface area contributed by atoms with E-state index in [9.17, 15) is 10.2 Å². The summed E-state index contributed by atoms with van der Waals surface area (Å²) in [5.74, 6) is 0.799. The molecule has 3 aromatic carbocycles. The Hall–Kier alpha value is -2.34. The van der Waals surface area contributed by atoms with Crippen LogP contribution in [0.3, 0.4) is 0 Å². The van der Waals surface area contributed by atoms with Crippen LogP contribution in [0.5, 0.6) is 11.5 Å². The highest BCUT2D eigenvalue weighted by molar-refractivity contribution is 9.10. The Balaban J connectivity index is 1.82. The van der Waals surface area contributed by atoms with E-state index in [4.69, 9.17) is 9.47 Å². The molecule has 0 bridgehead atoms. The van der Waals surface area contributed by atoms with E-state index in [1.165, 1.54) is 0 Å². The van der Waals surface area contributed by atoms with E-state index in [2.05, 4.69) is 15.9 Å². The van der Waals surface area contributed by atoms with Gasteiger partial charge in [0.1, 0.15) is 11.5 Å². The molecule has 1 saturated carbocycles. The quantitative estimate of drug-likeness (QED) is 0.614. The Morgan fingerprint density at radius 1 is 1.00 bits per heavy atom. The van der Waals surface area contributed by atoms with Gasteiger partial charge >= 0.3 is 0 Å².